The Kier molecular flexibility index (Phi) is 8.75. The number of hydrogen-bond acceptors (Lipinski definition) is 7. The summed E-state index contributed by atoms with van der Waals surface area (Å²) in [5, 5.41) is 5.77. The van der Waals surface area contributed by atoms with Gasteiger partial charge in [-0.05, 0) is 60.7 Å². The van der Waals surface area contributed by atoms with Gasteiger partial charge in [-0.25, -0.2) is 0 Å². The monoisotopic (exact) mass is 548 g/mol. The van der Waals surface area contributed by atoms with Crippen LogP contribution < -0.4 is 29.6 Å². The number of para-hydroxylation sites is 2. The number of anilines is 1. The van der Waals surface area contributed by atoms with Crippen molar-refractivity contribution < 1.29 is 33.0 Å². The maximum atomic E-state index is 13.5. The van der Waals surface area contributed by atoms with E-state index in [2.05, 4.69) is 10.6 Å². The number of carbonyl (C=O) groups excluding carboxylic acids is 2. The average molecular weight is 549 g/mol. The summed E-state index contributed by atoms with van der Waals surface area (Å²) >= 11 is 6.22. The first-order valence-electron chi connectivity index (χ1n) is 11.6. The van der Waals surface area contributed by atoms with E-state index < -0.39 is 11.8 Å². The fourth-order valence-corrected chi connectivity index (χ4v) is 3.72. The van der Waals surface area contributed by atoms with Crippen molar-refractivity contribution in [2.45, 2.75) is 0 Å². The number of nitrogens with one attached hydrogen (secondary N) is 2. The van der Waals surface area contributed by atoms with Gasteiger partial charge in [0.1, 0.15) is 11.5 Å². The number of benzene rings is 3. The summed E-state index contributed by atoms with van der Waals surface area (Å²) in [6.45, 7) is 0. The zero-order valence-corrected chi connectivity index (χ0v) is 22.1. The van der Waals surface area contributed by atoms with Crippen LogP contribution in [0.5, 0.6) is 28.7 Å². The first-order valence-corrected chi connectivity index (χ1v) is 12.0. The quantitative estimate of drug-likeness (QED) is 0.228. The number of rotatable bonds is 10. The van der Waals surface area contributed by atoms with Gasteiger partial charge in [-0.1, -0.05) is 23.7 Å². The molecule has 0 bridgehead atoms. The van der Waals surface area contributed by atoms with Crippen molar-refractivity contribution in [3.05, 3.63) is 101 Å². The molecule has 2 N–H and O–H groups in total. The molecule has 200 valence electrons. The van der Waals surface area contributed by atoms with Crippen molar-refractivity contribution in [2.75, 3.05) is 26.6 Å². The number of amides is 2. The van der Waals surface area contributed by atoms with Crippen molar-refractivity contribution in [1.82, 2.24) is 5.32 Å². The highest BCUT2D eigenvalue weighted by molar-refractivity contribution is 6.31. The van der Waals surface area contributed by atoms with E-state index in [0.29, 0.717) is 39.5 Å². The standard InChI is InChI=1S/C29H25ClN2O7/c1-35-24-8-4-5-9-26(24)39-23-13-11-19(30)16-21(23)31-29(34)22(17-20-7-6-14-38-20)32-28(33)18-10-12-25(36-2)27(15-18)37-3/h4-17H,1-3H3,(H,31,34)(H,32,33)/b22-17-. The van der Waals surface area contributed by atoms with Gasteiger partial charge in [0.05, 0.1) is 33.3 Å². The molecule has 1 aromatic heterocycles. The predicted molar refractivity (Wildman–Crippen MR) is 147 cm³/mol. The lowest BCUT2D eigenvalue weighted by atomic mass is 10.1. The molecule has 0 saturated carbocycles. The molecular formula is C29H25ClN2O7. The molecule has 0 aliphatic carbocycles. The smallest absolute Gasteiger partial charge is 0.272 e. The molecule has 10 heteroatoms. The van der Waals surface area contributed by atoms with Crippen molar-refractivity contribution in [3.8, 4) is 28.7 Å². The molecule has 39 heavy (non-hydrogen) atoms. The van der Waals surface area contributed by atoms with E-state index in [0.717, 1.165) is 0 Å². The molecule has 0 aliphatic rings. The lowest BCUT2D eigenvalue weighted by Crippen LogP contribution is -2.30. The Labute approximate surface area is 229 Å². The molecule has 0 radical (unpaired) electrons. The number of ether oxygens (including phenoxy) is 4. The zero-order chi connectivity index (χ0) is 27.8. The molecule has 0 saturated heterocycles. The number of methoxy groups -OCH3 is 3. The Bertz CT molecular complexity index is 1500. The minimum atomic E-state index is -0.646. The molecule has 4 aromatic rings. The summed E-state index contributed by atoms with van der Waals surface area (Å²) in [7, 11) is 4.48. The molecule has 1 heterocycles. The maximum Gasteiger partial charge on any atom is 0.272 e. The summed E-state index contributed by atoms with van der Waals surface area (Å²) in [5.74, 6) is 1.22. The van der Waals surface area contributed by atoms with Gasteiger partial charge in [-0.3, -0.25) is 9.59 Å². The minimum Gasteiger partial charge on any atom is -0.493 e. The van der Waals surface area contributed by atoms with Crippen LogP contribution in [0.3, 0.4) is 0 Å². The SMILES string of the molecule is COc1ccc(C(=O)N/C(=C\c2ccco2)C(=O)Nc2cc(Cl)ccc2Oc2ccccc2OC)cc1OC. The van der Waals surface area contributed by atoms with Crippen LogP contribution in [-0.4, -0.2) is 33.1 Å². The fraction of sp³-hybridized carbons (Fsp3) is 0.103. The predicted octanol–water partition coefficient (Wildman–Crippen LogP) is 6.16. The molecule has 2 amide bonds. The average Bonchev–Trinajstić information content (AvgIpc) is 3.47. The van der Waals surface area contributed by atoms with Crippen LogP contribution in [0.25, 0.3) is 6.08 Å². The second-order valence-electron chi connectivity index (χ2n) is 7.94. The normalized spacial score (nSPS) is 10.9. The zero-order valence-electron chi connectivity index (χ0n) is 21.3. The summed E-state index contributed by atoms with van der Waals surface area (Å²) in [6, 6.07) is 19.8. The molecule has 4 rings (SSSR count). The van der Waals surface area contributed by atoms with Crippen molar-refractivity contribution in [2.24, 2.45) is 0 Å². The summed E-state index contributed by atoms with van der Waals surface area (Å²) in [5.41, 5.74) is 0.422. The molecular weight excluding hydrogens is 524 g/mol. The largest absolute Gasteiger partial charge is 0.493 e. The van der Waals surface area contributed by atoms with Gasteiger partial charge in [0.25, 0.3) is 11.8 Å². The Morgan fingerprint density at radius 2 is 1.49 bits per heavy atom. The van der Waals surface area contributed by atoms with Crippen LogP contribution in [0.15, 0.2) is 89.2 Å². The molecule has 3 aromatic carbocycles. The van der Waals surface area contributed by atoms with E-state index in [1.54, 1.807) is 54.6 Å². The third-order valence-electron chi connectivity index (χ3n) is 5.45. The van der Waals surface area contributed by atoms with E-state index >= 15 is 0 Å². The van der Waals surface area contributed by atoms with Gasteiger partial charge in [-0.15, -0.1) is 0 Å². The summed E-state index contributed by atoms with van der Waals surface area (Å²) in [4.78, 5) is 26.6. The number of halogens is 1. The summed E-state index contributed by atoms with van der Waals surface area (Å²) in [6.07, 6.45) is 2.85. The highest BCUT2D eigenvalue weighted by atomic mass is 35.5. The fourth-order valence-electron chi connectivity index (χ4n) is 3.55. The molecule has 0 atom stereocenters. The van der Waals surface area contributed by atoms with Crippen LogP contribution in [0.2, 0.25) is 5.02 Å². The second kappa shape index (κ2) is 12.6. The number of hydrogen-bond donors (Lipinski definition) is 2. The Hall–Kier alpha value is -4.89. The van der Waals surface area contributed by atoms with E-state index in [9.17, 15) is 9.59 Å². The van der Waals surface area contributed by atoms with E-state index in [4.69, 9.17) is 35.0 Å². The van der Waals surface area contributed by atoms with Crippen LogP contribution in [-0.2, 0) is 4.79 Å². The lowest BCUT2D eigenvalue weighted by molar-refractivity contribution is -0.113. The van der Waals surface area contributed by atoms with Gasteiger partial charge < -0.3 is 34.0 Å². The van der Waals surface area contributed by atoms with Gasteiger partial charge in [-0.2, -0.15) is 0 Å². The van der Waals surface area contributed by atoms with Crippen molar-refractivity contribution in [3.63, 3.8) is 0 Å². The molecule has 0 fully saturated rings. The second-order valence-corrected chi connectivity index (χ2v) is 8.38. The maximum absolute atomic E-state index is 13.5. The van der Waals surface area contributed by atoms with Gasteiger partial charge in [0.15, 0.2) is 28.7 Å². The third-order valence-corrected chi connectivity index (χ3v) is 5.68. The van der Waals surface area contributed by atoms with Crippen LogP contribution in [0.1, 0.15) is 16.1 Å². The lowest BCUT2D eigenvalue weighted by Gasteiger charge is -2.16. The van der Waals surface area contributed by atoms with E-state index in [1.807, 2.05) is 6.07 Å². The van der Waals surface area contributed by atoms with E-state index in [-0.39, 0.29) is 16.9 Å². The Balaban J connectivity index is 1.63. The van der Waals surface area contributed by atoms with Gasteiger partial charge in [0, 0.05) is 16.7 Å². The minimum absolute atomic E-state index is 0.0899. The van der Waals surface area contributed by atoms with Crippen LogP contribution in [0, 0.1) is 0 Å². The highest BCUT2D eigenvalue weighted by Gasteiger charge is 2.19. The first-order chi connectivity index (χ1) is 18.9. The molecule has 0 aliphatic heterocycles. The third kappa shape index (κ3) is 6.71. The topological polar surface area (TPSA) is 108 Å². The first kappa shape index (κ1) is 27.2. The van der Waals surface area contributed by atoms with Crippen molar-refractivity contribution in [1.29, 1.82) is 0 Å². The van der Waals surface area contributed by atoms with Crippen LogP contribution in [0.4, 0.5) is 5.69 Å². The van der Waals surface area contributed by atoms with E-state index in [1.165, 1.54) is 45.8 Å². The number of furan rings is 1. The van der Waals surface area contributed by atoms with Gasteiger partial charge >= 0.3 is 0 Å². The molecule has 0 spiro atoms. The molecule has 9 nitrogen and oxygen atoms in total. The molecule has 0 unspecified atom stereocenters. The Morgan fingerprint density at radius 1 is 0.795 bits per heavy atom. The van der Waals surface area contributed by atoms with Gasteiger partial charge in [0.2, 0.25) is 0 Å². The number of carbonyl (C=O) groups is 2. The summed E-state index contributed by atoms with van der Waals surface area (Å²) < 4.78 is 27.3. The highest BCUT2D eigenvalue weighted by Crippen LogP contribution is 2.36. The van der Waals surface area contributed by atoms with Crippen molar-refractivity contribution >= 4 is 35.2 Å². The Morgan fingerprint density at radius 3 is 2.18 bits per heavy atom. The van der Waals surface area contributed by atoms with Crippen LogP contribution >= 0.6 is 11.6 Å².